The third-order valence-corrected chi connectivity index (χ3v) is 3.50. The fourth-order valence-corrected chi connectivity index (χ4v) is 2.35. The first-order valence-corrected chi connectivity index (χ1v) is 6.59. The second-order valence-corrected chi connectivity index (χ2v) is 4.99. The first kappa shape index (κ1) is 13.0. The van der Waals surface area contributed by atoms with Crippen LogP contribution in [-0.4, -0.2) is 42.5 Å². The van der Waals surface area contributed by atoms with Gasteiger partial charge in [-0.1, -0.05) is 0 Å². The second kappa shape index (κ2) is 6.50. The van der Waals surface area contributed by atoms with Crippen LogP contribution < -0.4 is 5.32 Å². The summed E-state index contributed by atoms with van der Waals surface area (Å²) in [6, 6.07) is 3.93. The highest BCUT2D eigenvalue weighted by Gasteiger charge is 2.18. The van der Waals surface area contributed by atoms with Gasteiger partial charge in [0.15, 0.2) is 0 Å². The fraction of sp³-hybridized carbons (Fsp3) is 0.571. The van der Waals surface area contributed by atoms with Gasteiger partial charge in [0.05, 0.1) is 0 Å². The van der Waals surface area contributed by atoms with Crippen molar-refractivity contribution in [2.75, 3.05) is 26.7 Å². The Bertz CT molecular complexity index is 374. The van der Waals surface area contributed by atoms with Crippen LogP contribution in [0.4, 0.5) is 0 Å². The highest BCUT2D eigenvalue weighted by atomic mass is 16.2. The Morgan fingerprint density at radius 3 is 2.94 bits per heavy atom. The summed E-state index contributed by atoms with van der Waals surface area (Å²) in [4.78, 5) is 17.8. The lowest BCUT2D eigenvalue weighted by atomic mass is 10.1. The molecule has 0 aliphatic carbocycles. The highest BCUT2D eigenvalue weighted by Crippen LogP contribution is 2.10. The van der Waals surface area contributed by atoms with Gasteiger partial charge in [0, 0.05) is 32.4 Å². The summed E-state index contributed by atoms with van der Waals surface area (Å²) in [6.07, 6.45) is 6.11. The Kier molecular flexibility index (Phi) is 4.70. The van der Waals surface area contributed by atoms with Crippen LogP contribution in [0.1, 0.15) is 18.4 Å². The van der Waals surface area contributed by atoms with Crippen LogP contribution in [0.15, 0.2) is 24.5 Å². The van der Waals surface area contributed by atoms with E-state index in [1.807, 2.05) is 24.1 Å². The molecule has 4 nitrogen and oxygen atoms in total. The Morgan fingerprint density at radius 1 is 1.50 bits per heavy atom. The van der Waals surface area contributed by atoms with E-state index in [4.69, 9.17) is 0 Å². The molecule has 0 aromatic carbocycles. The lowest BCUT2D eigenvalue weighted by molar-refractivity contribution is -0.130. The number of hydrogen-bond donors (Lipinski definition) is 1. The van der Waals surface area contributed by atoms with E-state index in [2.05, 4.69) is 10.3 Å². The van der Waals surface area contributed by atoms with Gasteiger partial charge in [-0.05, 0) is 49.5 Å². The van der Waals surface area contributed by atoms with Crippen LogP contribution in [-0.2, 0) is 11.2 Å². The van der Waals surface area contributed by atoms with Crippen molar-refractivity contribution in [3.8, 4) is 0 Å². The Morgan fingerprint density at radius 2 is 2.28 bits per heavy atom. The monoisotopic (exact) mass is 247 g/mol. The van der Waals surface area contributed by atoms with Crippen LogP contribution in [0.2, 0.25) is 0 Å². The van der Waals surface area contributed by atoms with Gasteiger partial charge in [0.2, 0.25) is 5.91 Å². The van der Waals surface area contributed by atoms with Crippen molar-refractivity contribution in [1.82, 2.24) is 15.2 Å². The van der Waals surface area contributed by atoms with Gasteiger partial charge in [-0.3, -0.25) is 9.78 Å². The summed E-state index contributed by atoms with van der Waals surface area (Å²) in [7, 11) is 1.91. The lowest BCUT2D eigenvalue weighted by Gasteiger charge is -2.20. The molecule has 0 spiro atoms. The minimum absolute atomic E-state index is 0.235. The molecule has 1 atom stereocenters. The number of rotatable bonds is 5. The molecule has 1 unspecified atom stereocenters. The molecule has 1 fully saturated rings. The van der Waals surface area contributed by atoms with E-state index < -0.39 is 0 Å². The molecule has 1 aromatic heterocycles. The number of aryl methyl sites for hydroxylation is 1. The predicted octanol–water partition coefficient (Wildman–Crippen LogP) is 1.08. The van der Waals surface area contributed by atoms with Gasteiger partial charge in [-0.25, -0.2) is 0 Å². The van der Waals surface area contributed by atoms with Crippen molar-refractivity contribution in [1.29, 1.82) is 0 Å². The summed E-state index contributed by atoms with van der Waals surface area (Å²) < 4.78 is 0. The van der Waals surface area contributed by atoms with Crippen molar-refractivity contribution < 1.29 is 4.79 Å². The summed E-state index contributed by atoms with van der Waals surface area (Å²) >= 11 is 0. The average Bonchev–Trinajstić information content (AvgIpc) is 2.90. The third kappa shape index (κ3) is 3.81. The summed E-state index contributed by atoms with van der Waals surface area (Å²) in [5.74, 6) is 0.860. The topological polar surface area (TPSA) is 45.2 Å². The van der Waals surface area contributed by atoms with Crippen LogP contribution in [0.5, 0.6) is 0 Å². The third-order valence-electron chi connectivity index (χ3n) is 3.50. The SMILES string of the molecule is CN(CC1CCNC1)C(=O)CCc1ccncc1. The molecule has 0 radical (unpaired) electrons. The van der Waals surface area contributed by atoms with Gasteiger partial charge in [-0.2, -0.15) is 0 Å². The minimum atomic E-state index is 0.235. The van der Waals surface area contributed by atoms with E-state index >= 15 is 0 Å². The number of pyridine rings is 1. The van der Waals surface area contributed by atoms with E-state index in [1.54, 1.807) is 12.4 Å². The molecule has 4 heteroatoms. The molecular formula is C14H21N3O. The highest BCUT2D eigenvalue weighted by molar-refractivity contribution is 5.76. The molecule has 18 heavy (non-hydrogen) atoms. The molecule has 1 saturated heterocycles. The first-order chi connectivity index (χ1) is 8.75. The van der Waals surface area contributed by atoms with Crippen LogP contribution in [0.25, 0.3) is 0 Å². The second-order valence-electron chi connectivity index (χ2n) is 4.99. The summed E-state index contributed by atoms with van der Waals surface area (Å²) in [5.41, 5.74) is 1.18. The van der Waals surface area contributed by atoms with Crippen LogP contribution >= 0.6 is 0 Å². The molecule has 98 valence electrons. The normalized spacial score (nSPS) is 18.8. The van der Waals surface area contributed by atoms with Gasteiger partial charge in [0.25, 0.3) is 0 Å². The summed E-state index contributed by atoms with van der Waals surface area (Å²) in [6.45, 7) is 3.01. The molecule has 1 amide bonds. The molecule has 1 aliphatic heterocycles. The lowest BCUT2D eigenvalue weighted by Crippen LogP contribution is -2.32. The predicted molar refractivity (Wildman–Crippen MR) is 71.2 cm³/mol. The number of amides is 1. The maximum absolute atomic E-state index is 12.0. The van der Waals surface area contributed by atoms with Crippen molar-refractivity contribution in [3.05, 3.63) is 30.1 Å². The zero-order chi connectivity index (χ0) is 12.8. The van der Waals surface area contributed by atoms with E-state index in [9.17, 15) is 4.79 Å². The Hall–Kier alpha value is -1.42. The molecule has 2 heterocycles. The number of nitrogens with one attached hydrogen (secondary N) is 1. The molecule has 0 bridgehead atoms. The average molecular weight is 247 g/mol. The number of hydrogen-bond acceptors (Lipinski definition) is 3. The van der Waals surface area contributed by atoms with E-state index in [0.717, 1.165) is 26.1 Å². The largest absolute Gasteiger partial charge is 0.345 e. The molecule has 1 aromatic rings. The smallest absolute Gasteiger partial charge is 0.222 e. The van der Waals surface area contributed by atoms with Gasteiger partial charge in [-0.15, -0.1) is 0 Å². The molecule has 1 N–H and O–H groups in total. The minimum Gasteiger partial charge on any atom is -0.345 e. The van der Waals surface area contributed by atoms with E-state index in [0.29, 0.717) is 12.3 Å². The number of nitrogens with zero attached hydrogens (tertiary/aromatic N) is 2. The number of aromatic nitrogens is 1. The number of carbonyl (C=O) groups is 1. The van der Waals surface area contributed by atoms with Crippen molar-refractivity contribution in [3.63, 3.8) is 0 Å². The standard InChI is InChI=1S/C14H21N3O/c1-17(11-13-6-9-16-10-13)14(18)3-2-12-4-7-15-8-5-12/h4-5,7-8,13,16H,2-3,6,9-11H2,1H3. The van der Waals surface area contributed by atoms with Gasteiger partial charge in [0.1, 0.15) is 0 Å². The first-order valence-electron chi connectivity index (χ1n) is 6.59. The van der Waals surface area contributed by atoms with Gasteiger partial charge >= 0.3 is 0 Å². The molecular weight excluding hydrogens is 226 g/mol. The van der Waals surface area contributed by atoms with E-state index in [1.165, 1.54) is 12.0 Å². The molecule has 1 aliphatic rings. The van der Waals surface area contributed by atoms with Crippen molar-refractivity contribution in [2.24, 2.45) is 5.92 Å². The maximum atomic E-state index is 12.0. The fourth-order valence-electron chi connectivity index (χ4n) is 2.35. The van der Waals surface area contributed by atoms with Crippen molar-refractivity contribution in [2.45, 2.75) is 19.3 Å². The van der Waals surface area contributed by atoms with Crippen LogP contribution in [0, 0.1) is 5.92 Å². The maximum Gasteiger partial charge on any atom is 0.222 e. The van der Waals surface area contributed by atoms with Crippen molar-refractivity contribution >= 4 is 5.91 Å². The Balaban J connectivity index is 1.73. The summed E-state index contributed by atoms with van der Waals surface area (Å²) in [5, 5.41) is 3.33. The Labute approximate surface area is 108 Å². The quantitative estimate of drug-likeness (QED) is 0.847. The zero-order valence-corrected chi connectivity index (χ0v) is 10.9. The molecule has 2 rings (SSSR count). The molecule has 0 saturated carbocycles. The van der Waals surface area contributed by atoms with E-state index in [-0.39, 0.29) is 5.91 Å². The van der Waals surface area contributed by atoms with Gasteiger partial charge < -0.3 is 10.2 Å². The van der Waals surface area contributed by atoms with Crippen LogP contribution in [0.3, 0.4) is 0 Å². The number of carbonyl (C=O) groups excluding carboxylic acids is 1. The zero-order valence-electron chi connectivity index (χ0n) is 10.9.